The summed E-state index contributed by atoms with van der Waals surface area (Å²) < 4.78 is 10.8. The Bertz CT molecular complexity index is 1680. The van der Waals surface area contributed by atoms with Crippen LogP contribution in [-0.2, 0) is 26.2 Å². The molecule has 56 heavy (non-hydrogen) atoms. The highest BCUT2D eigenvalue weighted by Gasteiger charge is 2.39. The average Bonchev–Trinajstić information content (AvgIpc) is 3.21. The number of phenolic OH excluding ortho intramolecular Hbond substituents is 2. The number of ether oxygens (including phenoxy) is 2. The Kier molecular flexibility index (Phi) is 18.1. The first-order chi connectivity index (χ1) is 27.1. The first kappa shape index (κ1) is 44.2. The number of hydrogen-bond acceptors (Lipinski definition) is 10. The topological polar surface area (TPSA) is 153 Å². The van der Waals surface area contributed by atoms with E-state index in [1.165, 1.54) is 24.8 Å². The van der Waals surface area contributed by atoms with Crippen LogP contribution in [0.25, 0.3) is 0 Å². The Morgan fingerprint density at radius 2 is 1.79 bits per heavy atom. The SMILES string of the molecule is CCCCC(C)N(C)CCNCCc1ccc(O)c2c1OCC(=O)N2.CN1CCC(c2ccccc2)(c2cc(C(=O)NCCCOCCC=O)ccc2O)CC1. The molecule has 0 spiro atoms. The van der Waals surface area contributed by atoms with E-state index in [2.05, 4.69) is 65.8 Å². The van der Waals surface area contributed by atoms with Gasteiger partial charge in [-0.3, -0.25) is 9.59 Å². The number of unbranched alkanes of at least 4 members (excludes halogenated alkanes) is 1. The molecule has 3 aromatic rings. The maximum Gasteiger partial charge on any atom is 0.262 e. The van der Waals surface area contributed by atoms with Gasteiger partial charge in [0, 0.05) is 55.2 Å². The van der Waals surface area contributed by atoms with E-state index in [0.717, 1.165) is 69.4 Å². The number of hydrogen-bond donors (Lipinski definition) is 5. The Morgan fingerprint density at radius 3 is 2.52 bits per heavy atom. The van der Waals surface area contributed by atoms with E-state index in [0.29, 0.717) is 55.6 Å². The van der Waals surface area contributed by atoms with Gasteiger partial charge in [0.25, 0.3) is 11.8 Å². The molecule has 2 heterocycles. The molecule has 1 atom stereocenters. The molecule has 0 aliphatic carbocycles. The van der Waals surface area contributed by atoms with Gasteiger partial charge in [-0.1, -0.05) is 56.2 Å². The molecule has 1 saturated heterocycles. The number of fused-ring (bicyclic) bond motifs is 1. The van der Waals surface area contributed by atoms with Crippen molar-refractivity contribution in [2.75, 3.05) is 78.5 Å². The minimum absolute atomic E-state index is 0.00265. The number of nitrogens with zero attached hydrogens (tertiary/aromatic N) is 2. The van der Waals surface area contributed by atoms with Crippen LogP contribution in [0.1, 0.15) is 85.8 Å². The van der Waals surface area contributed by atoms with E-state index in [1.54, 1.807) is 18.2 Å². The number of likely N-dealkylation sites (N-methyl/N-ethyl adjacent to an activating group) is 1. The maximum atomic E-state index is 12.7. The van der Waals surface area contributed by atoms with Crippen LogP contribution in [0.15, 0.2) is 60.7 Å². The van der Waals surface area contributed by atoms with Crippen molar-refractivity contribution in [3.63, 3.8) is 0 Å². The molecule has 306 valence electrons. The summed E-state index contributed by atoms with van der Waals surface area (Å²) in [4.78, 5) is 39.1. The molecule has 3 aromatic carbocycles. The second-order valence-electron chi connectivity index (χ2n) is 14.9. The Balaban J connectivity index is 0.000000255. The molecule has 12 nitrogen and oxygen atoms in total. The normalized spacial score (nSPS) is 15.5. The van der Waals surface area contributed by atoms with Gasteiger partial charge < -0.3 is 50.2 Å². The fourth-order valence-corrected chi connectivity index (χ4v) is 7.20. The van der Waals surface area contributed by atoms with Crippen molar-refractivity contribution in [2.24, 2.45) is 0 Å². The summed E-state index contributed by atoms with van der Waals surface area (Å²) in [6, 6.07) is 19.5. The van der Waals surface area contributed by atoms with Crippen molar-refractivity contribution in [3.8, 4) is 17.2 Å². The van der Waals surface area contributed by atoms with E-state index >= 15 is 0 Å². The maximum absolute atomic E-state index is 12.7. The number of rotatable bonds is 20. The summed E-state index contributed by atoms with van der Waals surface area (Å²) in [5, 5.41) is 29.7. The summed E-state index contributed by atoms with van der Waals surface area (Å²) in [6.45, 7) is 10.5. The van der Waals surface area contributed by atoms with E-state index in [1.807, 2.05) is 30.3 Å². The van der Waals surface area contributed by atoms with Crippen LogP contribution < -0.4 is 20.7 Å². The zero-order chi connectivity index (χ0) is 40.3. The quantitative estimate of drug-likeness (QED) is 0.0566. The standard InChI is InChI=1S/C25H32N2O4.C19H31N3O3/c1-27-14-11-25(12-15-27,21-7-3-2-4-8-21)22-19-20(9-10-23(22)29)24(30)26-13-5-17-31-18-6-16-28;1-4-5-6-14(2)22(3)12-11-20-10-9-15-7-8-16(23)18-19(15)25-13-17(24)21-18/h2-4,7-10,16,19,29H,5-6,11-15,17-18H2,1H3,(H,26,30);7-8,14,20,23H,4-6,9-13H2,1-3H3,(H,21,24). The van der Waals surface area contributed by atoms with Crippen LogP contribution >= 0.6 is 0 Å². The second kappa shape index (κ2) is 22.9. The summed E-state index contributed by atoms with van der Waals surface area (Å²) in [5.41, 5.74) is 3.59. The van der Waals surface area contributed by atoms with Gasteiger partial charge in [-0.2, -0.15) is 0 Å². The summed E-state index contributed by atoms with van der Waals surface area (Å²) >= 11 is 0. The third kappa shape index (κ3) is 12.8. The van der Waals surface area contributed by atoms with Crippen molar-refractivity contribution < 1.29 is 34.1 Å². The van der Waals surface area contributed by atoms with Gasteiger partial charge in [0.1, 0.15) is 23.5 Å². The van der Waals surface area contributed by atoms with Gasteiger partial charge in [0.15, 0.2) is 12.4 Å². The number of nitrogens with one attached hydrogen (secondary N) is 3. The number of carbonyl (C=O) groups excluding carboxylic acids is 3. The molecule has 2 aliphatic heterocycles. The predicted molar refractivity (Wildman–Crippen MR) is 221 cm³/mol. The lowest BCUT2D eigenvalue weighted by molar-refractivity contribution is -0.118. The summed E-state index contributed by atoms with van der Waals surface area (Å²) in [7, 11) is 4.29. The fourth-order valence-electron chi connectivity index (χ4n) is 7.20. The molecule has 1 unspecified atom stereocenters. The van der Waals surface area contributed by atoms with Crippen LogP contribution in [0, 0.1) is 0 Å². The molecule has 0 aromatic heterocycles. The van der Waals surface area contributed by atoms with E-state index < -0.39 is 0 Å². The number of piperidine rings is 1. The van der Waals surface area contributed by atoms with Crippen molar-refractivity contribution in [1.82, 2.24) is 20.4 Å². The number of benzene rings is 3. The Hall–Kier alpha value is -4.49. The van der Waals surface area contributed by atoms with E-state index in [4.69, 9.17) is 9.47 Å². The number of aromatic hydroxyl groups is 2. The number of likely N-dealkylation sites (tertiary alicyclic amines) is 1. The monoisotopic (exact) mass is 773 g/mol. The first-order valence-electron chi connectivity index (χ1n) is 20.1. The number of anilines is 1. The highest BCUT2D eigenvalue weighted by atomic mass is 16.5. The van der Waals surface area contributed by atoms with Crippen LogP contribution in [0.2, 0.25) is 0 Å². The third-order valence-electron chi connectivity index (χ3n) is 10.8. The fraction of sp³-hybridized carbons (Fsp3) is 0.523. The lowest BCUT2D eigenvalue weighted by Gasteiger charge is -2.42. The van der Waals surface area contributed by atoms with Crippen molar-refractivity contribution in [1.29, 1.82) is 0 Å². The van der Waals surface area contributed by atoms with Crippen LogP contribution in [-0.4, -0.2) is 117 Å². The molecule has 2 aliphatic rings. The van der Waals surface area contributed by atoms with E-state index in [9.17, 15) is 24.6 Å². The third-order valence-corrected chi connectivity index (χ3v) is 10.8. The first-order valence-corrected chi connectivity index (χ1v) is 20.1. The molecule has 1 fully saturated rings. The molecular formula is C44H63N5O7. The van der Waals surface area contributed by atoms with Crippen LogP contribution in [0.5, 0.6) is 17.2 Å². The van der Waals surface area contributed by atoms with Gasteiger partial charge in [-0.25, -0.2) is 0 Å². The molecule has 5 rings (SSSR count). The molecule has 0 bridgehead atoms. The number of amides is 2. The largest absolute Gasteiger partial charge is 0.508 e. The smallest absolute Gasteiger partial charge is 0.262 e. The molecule has 0 radical (unpaired) electrons. The average molecular weight is 774 g/mol. The van der Waals surface area contributed by atoms with Crippen molar-refractivity contribution >= 4 is 23.8 Å². The molecule has 0 saturated carbocycles. The van der Waals surface area contributed by atoms with Gasteiger partial charge >= 0.3 is 0 Å². The lowest BCUT2D eigenvalue weighted by atomic mass is 9.67. The molecule has 2 amide bonds. The Labute approximate surface area is 332 Å². The van der Waals surface area contributed by atoms with Gasteiger partial charge in [0.05, 0.1) is 6.61 Å². The minimum Gasteiger partial charge on any atom is -0.508 e. The molecule has 12 heteroatoms. The lowest BCUT2D eigenvalue weighted by Crippen LogP contribution is -2.41. The van der Waals surface area contributed by atoms with Gasteiger partial charge in [-0.15, -0.1) is 0 Å². The number of carbonyl (C=O) groups is 3. The highest BCUT2D eigenvalue weighted by molar-refractivity contribution is 5.97. The van der Waals surface area contributed by atoms with Gasteiger partial charge in [0.2, 0.25) is 0 Å². The molecule has 5 N–H and O–H groups in total. The van der Waals surface area contributed by atoms with Crippen molar-refractivity contribution in [2.45, 2.75) is 76.7 Å². The Morgan fingerprint density at radius 1 is 1.04 bits per heavy atom. The summed E-state index contributed by atoms with van der Waals surface area (Å²) in [5.74, 6) is 0.464. The highest BCUT2D eigenvalue weighted by Crippen LogP contribution is 2.45. The second-order valence-corrected chi connectivity index (χ2v) is 14.9. The van der Waals surface area contributed by atoms with Gasteiger partial charge in [-0.05, 0) is 108 Å². The predicted octanol–water partition coefficient (Wildman–Crippen LogP) is 5.50. The zero-order valence-electron chi connectivity index (χ0n) is 33.8. The molecular weight excluding hydrogens is 711 g/mol. The van der Waals surface area contributed by atoms with Crippen LogP contribution in [0.3, 0.4) is 0 Å². The number of aldehydes is 1. The van der Waals surface area contributed by atoms with Crippen LogP contribution in [0.4, 0.5) is 5.69 Å². The zero-order valence-corrected chi connectivity index (χ0v) is 33.8. The minimum atomic E-state index is -0.319. The number of phenols is 2. The van der Waals surface area contributed by atoms with Crippen molar-refractivity contribution in [3.05, 3.63) is 82.9 Å². The van der Waals surface area contributed by atoms with E-state index in [-0.39, 0.29) is 35.3 Å². The summed E-state index contributed by atoms with van der Waals surface area (Å²) in [6.07, 6.45) is 8.21.